The Morgan fingerprint density at radius 2 is 1.48 bits per heavy atom. The first-order valence-corrected chi connectivity index (χ1v) is 8.22. The molecule has 120 valence electrons. The molecule has 0 heterocycles. The molecule has 2 heteroatoms. The van der Waals surface area contributed by atoms with Crippen molar-refractivity contribution in [3.8, 4) is 0 Å². The molecule has 0 saturated heterocycles. The van der Waals surface area contributed by atoms with Crippen molar-refractivity contribution in [2.75, 3.05) is 6.61 Å². The van der Waals surface area contributed by atoms with Gasteiger partial charge in [0.2, 0.25) is 0 Å². The highest BCUT2D eigenvalue weighted by atomic mass is 16.5. The Kier molecular flexibility index (Phi) is 7.98. The lowest BCUT2D eigenvalue weighted by Crippen LogP contribution is -2.26. The van der Waals surface area contributed by atoms with Crippen molar-refractivity contribution in [3.05, 3.63) is 35.9 Å². The van der Waals surface area contributed by atoms with Gasteiger partial charge in [0.1, 0.15) is 0 Å². The zero-order valence-corrected chi connectivity index (χ0v) is 14.5. The predicted octanol–water partition coefficient (Wildman–Crippen LogP) is 5.24. The highest BCUT2D eigenvalue weighted by Gasteiger charge is 2.26. The number of ether oxygens (including phenoxy) is 2. The van der Waals surface area contributed by atoms with E-state index in [1.165, 1.54) is 5.56 Å². The van der Waals surface area contributed by atoms with Crippen molar-refractivity contribution in [1.82, 2.24) is 0 Å². The lowest BCUT2D eigenvalue weighted by atomic mass is 9.88. The standard InChI is InChI=1S/C19H32O2/c1-14(2)12-18(13-20-15(3)4)19(21-16(5)6)17-10-8-7-9-11-17/h7-11,14-16,18-19H,12-13H2,1-6H3. The van der Waals surface area contributed by atoms with Crippen LogP contribution in [0.3, 0.4) is 0 Å². The van der Waals surface area contributed by atoms with Crippen LogP contribution in [0, 0.1) is 11.8 Å². The minimum atomic E-state index is 0.104. The Balaban J connectivity index is 2.92. The van der Waals surface area contributed by atoms with Gasteiger partial charge in [-0.05, 0) is 45.6 Å². The molecule has 0 radical (unpaired) electrons. The summed E-state index contributed by atoms with van der Waals surface area (Å²) >= 11 is 0. The maximum Gasteiger partial charge on any atom is 0.0878 e. The lowest BCUT2D eigenvalue weighted by molar-refractivity contribution is -0.0666. The van der Waals surface area contributed by atoms with Crippen LogP contribution in [0.4, 0.5) is 0 Å². The average molecular weight is 292 g/mol. The van der Waals surface area contributed by atoms with Gasteiger partial charge >= 0.3 is 0 Å². The number of hydrogen-bond acceptors (Lipinski definition) is 2. The van der Waals surface area contributed by atoms with Gasteiger partial charge in [0.25, 0.3) is 0 Å². The molecule has 2 atom stereocenters. The average Bonchev–Trinajstić information content (AvgIpc) is 2.41. The molecule has 0 spiro atoms. The van der Waals surface area contributed by atoms with Crippen molar-refractivity contribution in [2.45, 2.75) is 66.3 Å². The highest BCUT2D eigenvalue weighted by molar-refractivity contribution is 5.18. The normalized spacial score (nSPS) is 14.9. The Hall–Kier alpha value is -0.860. The van der Waals surface area contributed by atoms with Gasteiger partial charge in [-0.15, -0.1) is 0 Å². The topological polar surface area (TPSA) is 18.5 Å². The molecular weight excluding hydrogens is 260 g/mol. The van der Waals surface area contributed by atoms with Gasteiger partial charge in [-0.25, -0.2) is 0 Å². The summed E-state index contributed by atoms with van der Waals surface area (Å²) in [5, 5.41) is 0. The van der Waals surface area contributed by atoms with Crippen molar-refractivity contribution in [2.24, 2.45) is 11.8 Å². The van der Waals surface area contributed by atoms with E-state index in [0.717, 1.165) is 13.0 Å². The molecule has 2 nitrogen and oxygen atoms in total. The Morgan fingerprint density at radius 3 is 1.95 bits per heavy atom. The number of hydrogen-bond donors (Lipinski definition) is 0. The van der Waals surface area contributed by atoms with Gasteiger partial charge in [0.05, 0.1) is 24.9 Å². The monoisotopic (exact) mass is 292 g/mol. The van der Waals surface area contributed by atoms with Gasteiger partial charge in [0, 0.05) is 5.92 Å². The summed E-state index contributed by atoms with van der Waals surface area (Å²) in [5.41, 5.74) is 1.25. The van der Waals surface area contributed by atoms with Crippen molar-refractivity contribution >= 4 is 0 Å². The Morgan fingerprint density at radius 1 is 0.857 bits per heavy atom. The van der Waals surface area contributed by atoms with Crippen LogP contribution in [0.25, 0.3) is 0 Å². The van der Waals surface area contributed by atoms with Crippen molar-refractivity contribution < 1.29 is 9.47 Å². The smallest absolute Gasteiger partial charge is 0.0878 e. The third-order valence-electron chi connectivity index (χ3n) is 3.39. The molecule has 1 aromatic rings. The SMILES string of the molecule is CC(C)CC(COC(C)C)C(OC(C)C)c1ccccc1. The molecule has 0 fully saturated rings. The fraction of sp³-hybridized carbons (Fsp3) is 0.684. The second-order valence-electron chi connectivity index (χ2n) is 6.79. The fourth-order valence-electron chi connectivity index (χ4n) is 2.60. The largest absolute Gasteiger partial charge is 0.378 e. The highest BCUT2D eigenvalue weighted by Crippen LogP contribution is 2.32. The summed E-state index contributed by atoms with van der Waals surface area (Å²) in [6.07, 6.45) is 1.69. The van der Waals surface area contributed by atoms with Gasteiger partial charge in [-0.2, -0.15) is 0 Å². The molecule has 0 aliphatic heterocycles. The van der Waals surface area contributed by atoms with E-state index in [4.69, 9.17) is 9.47 Å². The zero-order chi connectivity index (χ0) is 15.8. The molecule has 0 amide bonds. The van der Waals surface area contributed by atoms with Crippen molar-refractivity contribution in [1.29, 1.82) is 0 Å². The molecule has 0 bridgehead atoms. The van der Waals surface area contributed by atoms with Crippen LogP contribution in [0.5, 0.6) is 0 Å². The van der Waals surface area contributed by atoms with E-state index in [9.17, 15) is 0 Å². The Bertz CT molecular complexity index is 370. The van der Waals surface area contributed by atoms with Crippen LogP contribution in [0.2, 0.25) is 0 Å². The van der Waals surface area contributed by atoms with Crippen LogP contribution in [-0.4, -0.2) is 18.8 Å². The Labute approximate surface area is 130 Å². The second kappa shape index (κ2) is 9.22. The van der Waals surface area contributed by atoms with Crippen LogP contribution < -0.4 is 0 Å². The first-order valence-electron chi connectivity index (χ1n) is 8.22. The van der Waals surface area contributed by atoms with E-state index in [1.54, 1.807) is 0 Å². The van der Waals surface area contributed by atoms with Crippen LogP contribution in [0.15, 0.2) is 30.3 Å². The third-order valence-corrected chi connectivity index (χ3v) is 3.39. The molecule has 0 aromatic heterocycles. The number of rotatable bonds is 9. The van der Waals surface area contributed by atoms with E-state index < -0.39 is 0 Å². The molecule has 1 rings (SSSR count). The summed E-state index contributed by atoms with van der Waals surface area (Å²) < 4.78 is 12.2. The summed E-state index contributed by atoms with van der Waals surface area (Å²) in [4.78, 5) is 0. The maximum absolute atomic E-state index is 6.25. The van der Waals surface area contributed by atoms with Crippen LogP contribution >= 0.6 is 0 Å². The molecule has 0 aliphatic carbocycles. The molecular formula is C19H32O2. The van der Waals surface area contributed by atoms with Crippen LogP contribution in [0.1, 0.15) is 59.6 Å². The third kappa shape index (κ3) is 7.10. The fourth-order valence-corrected chi connectivity index (χ4v) is 2.60. The first kappa shape index (κ1) is 18.2. The molecule has 2 unspecified atom stereocenters. The predicted molar refractivity (Wildman–Crippen MR) is 89.4 cm³/mol. The molecule has 0 N–H and O–H groups in total. The van der Waals surface area contributed by atoms with E-state index in [0.29, 0.717) is 11.8 Å². The summed E-state index contributed by atoms with van der Waals surface area (Å²) in [5.74, 6) is 1.02. The summed E-state index contributed by atoms with van der Waals surface area (Å²) in [6, 6.07) is 10.5. The quantitative estimate of drug-likeness (QED) is 0.619. The van der Waals surface area contributed by atoms with Gasteiger partial charge in [0.15, 0.2) is 0 Å². The maximum atomic E-state index is 6.25. The molecule has 0 aliphatic rings. The number of benzene rings is 1. The van der Waals surface area contributed by atoms with E-state index in [1.807, 2.05) is 0 Å². The second-order valence-corrected chi connectivity index (χ2v) is 6.79. The lowest BCUT2D eigenvalue weighted by Gasteiger charge is -2.31. The van der Waals surface area contributed by atoms with E-state index in [-0.39, 0.29) is 18.3 Å². The molecule has 1 aromatic carbocycles. The zero-order valence-electron chi connectivity index (χ0n) is 14.5. The molecule has 0 saturated carbocycles. The van der Waals surface area contributed by atoms with Gasteiger partial charge in [-0.3, -0.25) is 0 Å². The van der Waals surface area contributed by atoms with Gasteiger partial charge in [-0.1, -0.05) is 44.2 Å². The molecule has 21 heavy (non-hydrogen) atoms. The van der Waals surface area contributed by atoms with Crippen molar-refractivity contribution in [3.63, 3.8) is 0 Å². The van der Waals surface area contributed by atoms with Gasteiger partial charge < -0.3 is 9.47 Å². The summed E-state index contributed by atoms with van der Waals surface area (Å²) in [7, 11) is 0. The first-order chi connectivity index (χ1) is 9.90. The minimum absolute atomic E-state index is 0.104. The van der Waals surface area contributed by atoms with E-state index >= 15 is 0 Å². The minimum Gasteiger partial charge on any atom is -0.378 e. The summed E-state index contributed by atoms with van der Waals surface area (Å²) in [6.45, 7) is 13.7. The van der Waals surface area contributed by atoms with E-state index in [2.05, 4.69) is 71.9 Å². The van der Waals surface area contributed by atoms with Crippen LogP contribution in [-0.2, 0) is 9.47 Å².